The van der Waals surface area contributed by atoms with Gasteiger partial charge in [0.15, 0.2) is 0 Å². The summed E-state index contributed by atoms with van der Waals surface area (Å²) in [5.74, 6) is -1.40. The summed E-state index contributed by atoms with van der Waals surface area (Å²) in [7, 11) is 0. The van der Waals surface area contributed by atoms with Crippen LogP contribution in [0.1, 0.15) is 33.1 Å². The summed E-state index contributed by atoms with van der Waals surface area (Å²) in [5, 5.41) is 23.8. The molecule has 6 nitrogen and oxygen atoms in total. The third-order valence-electron chi connectivity index (χ3n) is 3.05. The summed E-state index contributed by atoms with van der Waals surface area (Å²) in [4.78, 5) is 23.0. The molecule has 0 saturated carbocycles. The molecule has 0 spiro atoms. The molecule has 0 radical (unpaired) electrons. The standard InChI is InChI=1S/C11H20N2O4/c1-3-4-11(2,10(16)17)13-9(15)8-5-7(14)6-12-8/h7-8,12,14H,3-6H2,1-2H3,(H,13,15)(H,16,17). The minimum absolute atomic E-state index is 0.327. The number of β-amino-alcohol motifs (C(OH)–C–C–N with tert-alkyl or cyclic N) is 1. The number of aliphatic hydroxyl groups excluding tert-OH is 1. The number of nitrogens with one attached hydrogen (secondary N) is 2. The van der Waals surface area contributed by atoms with Crippen molar-refractivity contribution in [2.45, 2.75) is 50.8 Å². The second-order valence-corrected chi connectivity index (χ2v) is 4.73. The van der Waals surface area contributed by atoms with Crippen molar-refractivity contribution in [1.29, 1.82) is 0 Å². The smallest absolute Gasteiger partial charge is 0.329 e. The molecule has 0 aliphatic carbocycles. The average molecular weight is 244 g/mol. The first kappa shape index (κ1) is 13.9. The third kappa shape index (κ3) is 3.41. The number of carboxylic acid groups (broad SMARTS) is 1. The fraction of sp³-hybridized carbons (Fsp3) is 0.818. The normalized spacial score (nSPS) is 27.5. The van der Waals surface area contributed by atoms with Crippen LogP contribution in [0.5, 0.6) is 0 Å². The van der Waals surface area contributed by atoms with Crippen LogP contribution >= 0.6 is 0 Å². The van der Waals surface area contributed by atoms with Crippen molar-refractivity contribution < 1.29 is 19.8 Å². The highest BCUT2D eigenvalue weighted by Crippen LogP contribution is 2.14. The van der Waals surface area contributed by atoms with E-state index in [1.165, 1.54) is 6.92 Å². The number of carbonyl (C=O) groups is 2. The maximum absolute atomic E-state index is 11.8. The first-order valence-electron chi connectivity index (χ1n) is 5.86. The Kier molecular flexibility index (Phi) is 4.47. The Hall–Kier alpha value is -1.14. The van der Waals surface area contributed by atoms with Crippen LogP contribution in [0, 0.1) is 0 Å². The first-order chi connectivity index (χ1) is 7.89. The molecule has 0 aromatic carbocycles. The van der Waals surface area contributed by atoms with Crippen molar-refractivity contribution in [2.75, 3.05) is 6.54 Å². The van der Waals surface area contributed by atoms with Crippen LogP contribution < -0.4 is 10.6 Å². The van der Waals surface area contributed by atoms with Gasteiger partial charge in [0.2, 0.25) is 5.91 Å². The van der Waals surface area contributed by atoms with Crippen molar-refractivity contribution in [3.05, 3.63) is 0 Å². The number of hydrogen-bond acceptors (Lipinski definition) is 4. The van der Waals surface area contributed by atoms with Crippen LogP contribution in [-0.4, -0.2) is 46.3 Å². The quantitative estimate of drug-likeness (QED) is 0.521. The highest BCUT2D eigenvalue weighted by atomic mass is 16.4. The Morgan fingerprint density at radius 2 is 2.18 bits per heavy atom. The summed E-state index contributed by atoms with van der Waals surface area (Å²) in [6.07, 6.45) is 0.842. The first-order valence-corrected chi connectivity index (χ1v) is 5.86. The van der Waals surface area contributed by atoms with E-state index in [-0.39, 0.29) is 5.91 Å². The lowest BCUT2D eigenvalue weighted by atomic mass is 9.95. The van der Waals surface area contributed by atoms with Gasteiger partial charge in [0.25, 0.3) is 0 Å². The van der Waals surface area contributed by atoms with E-state index in [9.17, 15) is 14.7 Å². The summed E-state index contributed by atoms with van der Waals surface area (Å²) in [6.45, 7) is 3.74. The summed E-state index contributed by atoms with van der Waals surface area (Å²) < 4.78 is 0. The van der Waals surface area contributed by atoms with Gasteiger partial charge in [-0.2, -0.15) is 0 Å². The molecular formula is C11H20N2O4. The van der Waals surface area contributed by atoms with Gasteiger partial charge in [0.1, 0.15) is 5.54 Å². The van der Waals surface area contributed by atoms with Gasteiger partial charge in [-0.1, -0.05) is 13.3 Å². The van der Waals surface area contributed by atoms with E-state index in [4.69, 9.17) is 5.11 Å². The number of carbonyl (C=O) groups excluding carboxylic acids is 1. The molecule has 4 N–H and O–H groups in total. The van der Waals surface area contributed by atoms with E-state index < -0.39 is 23.7 Å². The second-order valence-electron chi connectivity index (χ2n) is 4.73. The molecule has 1 aliphatic heterocycles. The van der Waals surface area contributed by atoms with Gasteiger partial charge in [0.05, 0.1) is 12.1 Å². The zero-order chi connectivity index (χ0) is 13.1. The van der Waals surface area contributed by atoms with E-state index >= 15 is 0 Å². The molecule has 1 saturated heterocycles. The monoisotopic (exact) mass is 244 g/mol. The van der Waals surface area contributed by atoms with Gasteiger partial charge < -0.3 is 20.8 Å². The Morgan fingerprint density at radius 1 is 1.53 bits per heavy atom. The van der Waals surface area contributed by atoms with E-state index in [1.807, 2.05) is 6.92 Å². The molecule has 1 rings (SSSR count). The van der Waals surface area contributed by atoms with Crippen LogP contribution in [0.25, 0.3) is 0 Å². The lowest BCUT2D eigenvalue weighted by molar-refractivity contribution is -0.147. The lowest BCUT2D eigenvalue weighted by Crippen LogP contribution is -2.56. The van der Waals surface area contributed by atoms with E-state index in [0.29, 0.717) is 25.8 Å². The molecular weight excluding hydrogens is 224 g/mol. The lowest BCUT2D eigenvalue weighted by Gasteiger charge is -2.27. The van der Waals surface area contributed by atoms with Crippen molar-refractivity contribution in [3.63, 3.8) is 0 Å². The van der Waals surface area contributed by atoms with E-state index in [0.717, 1.165) is 0 Å². The minimum atomic E-state index is -1.24. The number of hydrogen-bond donors (Lipinski definition) is 4. The summed E-state index contributed by atoms with van der Waals surface area (Å²) in [6, 6.07) is -0.500. The van der Waals surface area contributed by atoms with Crippen molar-refractivity contribution in [3.8, 4) is 0 Å². The Labute approximate surface area is 100 Å². The van der Waals surface area contributed by atoms with Gasteiger partial charge >= 0.3 is 5.97 Å². The molecule has 6 heteroatoms. The number of amides is 1. The average Bonchev–Trinajstić information content (AvgIpc) is 2.65. The molecule has 1 aliphatic rings. The molecule has 3 unspecified atom stereocenters. The number of aliphatic hydroxyl groups is 1. The van der Waals surface area contributed by atoms with Gasteiger partial charge in [-0.15, -0.1) is 0 Å². The van der Waals surface area contributed by atoms with Gasteiger partial charge in [0, 0.05) is 6.54 Å². The van der Waals surface area contributed by atoms with Crippen molar-refractivity contribution in [2.24, 2.45) is 0 Å². The Bertz CT molecular complexity index is 308. The highest BCUT2D eigenvalue weighted by Gasteiger charge is 2.37. The van der Waals surface area contributed by atoms with Gasteiger partial charge in [-0.25, -0.2) is 4.79 Å². The van der Waals surface area contributed by atoms with Crippen LogP contribution in [-0.2, 0) is 9.59 Å². The van der Waals surface area contributed by atoms with E-state index in [2.05, 4.69) is 10.6 Å². The van der Waals surface area contributed by atoms with Crippen LogP contribution in [0.3, 0.4) is 0 Å². The molecule has 0 bridgehead atoms. The number of rotatable bonds is 5. The molecule has 17 heavy (non-hydrogen) atoms. The van der Waals surface area contributed by atoms with Crippen molar-refractivity contribution >= 4 is 11.9 Å². The van der Waals surface area contributed by atoms with Crippen LogP contribution in [0.4, 0.5) is 0 Å². The van der Waals surface area contributed by atoms with Crippen LogP contribution in [0.15, 0.2) is 0 Å². The molecule has 1 fully saturated rings. The molecule has 0 aromatic rings. The highest BCUT2D eigenvalue weighted by molar-refractivity contribution is 5.89. The van der Waals surface area contributed by atoms with E-state index in [1.54, 1.807) is 0 Å². The van der Waals surface area contributed by atoms with Crippen LogP contribution in [0.2, 0.25) is 0 Å². The Morgan fingerprint density at radius 3 is 2.59 bits per heavy atom. The number of aliphatic carboxylic acids is 1. The molecule has 98 valence electrons. The zero-order valence-corrected chi connectivity index (χ0v) is 10.2. The predicted molar refractivity (Wildman–Crippen MR) is 61.5 cm³/mol. The van der Waals surface area contributed by atoms with Gasteiger partial charge in [-0.05, 0) is 19.8 Å². The fourth-order valence-corrected chi connectivity index (χ4v) is 2.00. The topological polar surface area (TPSA) is 98.7 Å². The summed E-state index contributed by atoms with van der Waals surface area (Å²) >= 11 is 0. The maximum atomic E-state index is 11.8. The largest absolute Gasteiger partial charge is 0.480 e. The van der Waals surface area contributed by atoms with Gasteiger partial charge in [-0.3, -0.25) is 4.79 Å². The van der Waals surface area contributed by atoms with Crippen molar-refractivity contribution in [1.82, 2.24) is 10.6 Å². The summed E-state index contributed by atoms with van der Waals surface area (Å²) in [5.41, 5.74) is -1.24. The third-order valence-corrected chi connectivity index (χ3v) is 3.05. The molecule has 3 atom stereocenters. The Balaban J connectivity index is 2.61. The zero-order valence-electron chi connectivity index (χ0n) is 10.2. The minimum Gasteiger partial charge on any atom is -0.480 e. The molecule has 1 amide bonds. The maximum Gasteiger partial charge on any atom is 0.329 e. The number of carboxylic acids is 1. The SMILES string of the molecule is CCCC(C)(NC(=O)C1CC(O)CN1)C(=O)O. The fourth-order valence-electron chi connectivity index (χ4n) is 2.00. The molecule has 0 aromatic heterocycles. The second kappa shape index (κ2) is 5.46. The molecule has 1 heterocycles. The predicted octanol–water partition coefficient (Wildman–Crippen LogP) is -0.531.